The highest BCUT2D eigenvalue weighted by atomic mass is 32.2. The fraction of sp³-hybridized carbons (Fsp3) is 0.500. The Morgan fingerprint density at radius 3 is 2.45 bits per heavy atom. The van der Waals surface area contributed by atoms with Crippen molar-refractivity contribution in [2.24, 2.45) is 11.8 Å². The molecule has 156 valence electrons. The third kappa shape index (κ3) is 4.80. The van der Waals surface area contributed by atoms with Crippen molar-refractivity contribution in [2.75, 3.05) is 26.2 Å². The molecule has 1 saturated heterocycles. The number of fused-ring (bicyclic) bond motifs is 1. The van der Waals surface area contributed by atoms with E-state index in [0.717, 1.165) is 24.7 Å². The Bertz CT molecular complexity index is 830. The van der Waals surface area contributed by atoms with Crippen molar-refractivity contribution in [2.45, 2.75) is 38.0 Å². The first kappa shape index (κ1) is 20.7. The van der Waals surface area contributed by atoms with Gasteiger partial charge in [-0.25, -0.2) is 8.93 Å². The maximum absolute atomic E-state index is 10.7. The number of nitrogens with zero attached hydrogens (tertiary/aromatic N) is 1. The lowest BCUT2D eigenvalue weighted by molar-refractivity contribution is 0.274. The van der Waals surface area contributed by atoms with Crippen LogP contribution in [-0.2, 0) is 29.5 Å². The molecule has 1 saturated carbocycles. The third-order valence-electron chi connectivity index (χ3n) is 7.03. The van der Waals surface area contributed by atoms with E-state index < -0.39 is 11.3 Å². The highest BCUT2D eigenvalue weighted by Gasteiger charge is 2.65. The Labute approximate surface area is 177 Å². The van der Waals surface area contributed by atoms with Gasteiger partial charge in [-0.2, -0.15) is 0 Å². The highest BCUT2D eigenvalue weighted by Crippen LogP contribution is 2.63. The molecule has 4 nitrogen and oxygen atoms in total. The van der Waals surface area contributed by atoms with Gasteiger partial charge in [-0.3, -0.25) is 4.55 Å². The smallest absolute Gasteiger partial charge is 0.231 e. The molecule has 3 unspecified atom stereocenters. The summed E-state index contributed by atoms with van der Waals surface area (Å²) in [6, 6.07) is 19.8. The molecule has 2 fully saturated rings. The fourth-order valence-electron chi connectivity index (χ4n) is 5.24. The minimum atomic E-state index is -1.91. The van der Waals surface area contributed by atoms with Gasteiger partial charge in [0.2, 0.25) is 11.3 Å². The summed E-state index contributed by atoms with van der Waals surface area (Å²) in [6.07, 6.45) is 4.22. The van der Waals surface area contributed by atoms with Crippen LogP contribution in [0.15, 0.2) is 54.6 Å². The van der Waals surface area contributed by atoms with Crippen molar-refractivity contribution >= 4 is 11.3 Å². The minimum absolute atomic E-state index is 0.330. The molecule has 0 radical (unpaired) electrons. The van der Waals surface area contributed by atoms with E-state index in [-0.39, 0.29) is 0 Å². The van der Waals surface area contributed by atoms with Crippen LogP contribution in [0.2, 0.25) is 0 Å². The van der Waals surface area contributed by atoms with Crippen LogP contribution in [0.1, 0.15) is 36.5 Å². The molecular formula is C24H32N2O2S. The first-order valence-electron chi connectivity index (χ1n) is 10.8. The molecule has 4 rings (SSSR count). The zero-order valence-corrected chi connectivity index (χ0v) is 18.0. The van der Waals surface area contributed by atoms with Gasteiger partial charge in [0.15, 0.2) is 0 Å². The topological polar surface area (TPSA) is 52.6 Å². The van der Waals surface area contributed by atoms with Gasteiger partial charge in [0.05, 0.1) is 0 Å². The van der Waals surface area contributed by atoms with Crippen LogP contribution in [0.4, 0.5) is 0 Å². The van der Waals surface area contributed by atoms with Crippen molar-refractivity contribution < 1.29 is 8.76 Å². The molecule has 1 heterocycles. The van der Waals surface area contributed by atoms with Crippen LogP contribution in [-0.4, -0.2) is 39.8 Å². The zero-order chi connectivity index (χ0) is 20.3. The van der Waals surface area contributed by atoms with Crippen molar-refractivity contribution in [3.63, 3.8) is 0 Å². The second-order valence-electron chi connectivity index (χ2n) is 8.79. The van der Waals surface area contributed by atoms with Crippen LogP contribution in [0.5, 0.6) is 0 Å². The summed E-state index contributed by atoms with van der Waals surface area (Å²) in [4.78, 5) is 2.66. The summed E-state index contributed by atoms with van der Waals surface area (Å²) in [7, 11) is 0. The highest BCUT2D eigenvalue weighted by molar-refractivity contribution is 7.77. The standard InChI is InChI=1S/C24H32N2O2S/c1-24(21-13-5-10-20(16-21)11-6-14-25-29(27)28)22-17-26(18-23(22)24)15-7-12-19-8-3-2-4-9-19/h2-5,8-10,13,16,22-23,25H,6-7,11-12,14-15,17-18H2,1H3,(H,27,28). The molecule has 5 heteroatoms. The molecule has 0 bridgehead atoms. The van der Waals surface area contributed by atoms with Gasteiger partial charge in [-0.05, 0) is 60.8 Å². The Morgan fingerprint density at radius 2 is 1.72 bits per heavy atom. The number of benzene rings is 2. The van der Waals surface area contributed by atoms with Crippen molar-refractivity contribution in [3.8, 4) is 0 Å². The van der Waals surface area contributed by atoms with Gasteiger partial charge in [0.1, 0.15) is 0 Å². The van der Waals surface area contributed by atoms with E-state index in [1.807, 2.05) is 0 Å². The molecular weight excluding hydrogens is 380 g/mol. The Morgan fingerprint density at radius 1 is 1.03 bits per heavy atom. The Kier molecular flexibility index (Phi) is 6.50. The summed E-state index contributed by atoms with van der Waals surface area (Å²) in [6.45, 7) is 6.67. The van der Waals surface area contributed by atoms with E-state index >= 15 is 0 Å². The normalized spacial score (nSPS) is 27.0. The van der Waals surface area contributed by atoms with Gasteiger partial charge in [-0.15, -0.1) is 0 Å². The molecule has 3 atom stereocenters. The van der Waals surface area contributed by atoms with Gasteiger partial charge < -0.3 is 4.90 Å². The van der Waals surface area contributed by atoms with Crippen molar-refractivity contribution in [3.05, 3.63) is 71.3 Å². The molecule has 2 N–H and O–H groups in total. The molecule has 2 aliphatic rings. The lowest BCUT2D eigenvalue weighted by atomic mass is 9.90. The SMILES string of the molecule is CC1(c2cccc(CCCNS(=O)O)c2)C2CN(CCCc3ccccc3)CC21. The van der Waals surface area contributed by atoms with Crippen molar-refractivity contribution in [1.29, 1.82) is 0 Å². The number of aryl methyl sites for hydroxylation is 2. The van der Waals surface area contributed by atoms with Crippen LogP contribution < -0.4 is 4.72 Å². The Balaban J connectivity index is 1.25. The molecule has 0 aromatic heterocycles. The summed E-state index contributed by atoms with van der Waals surface area (Å²) in [5.41, 5.74) is 4.59. The average Bonchev–Trinajstić information content (AvgIpc) is 3.07. The summed E-state index contributed by atoms with van der Waals surface area (Å²) in [5.74, 6) is 1.57. The fourth-order valence-corrected chi connectivity index (χ4v) is 5.56. The Hall–Kier alpha value is -1.53. The summed E-state index contributed by atoms with van der Waals surface area (Å²) >= 11 is -1.91. The number of hydrogen-bond acceptors (Lipinski definition) is 2. The largest absolute Gasteiger partial charge is 0.303 e. The van der Waals surface area contributed by atoms with E-state index in [1.54, 1.807) is 0 Å². The predicted molar refractivity (Wildman–Crippen MR) is 119 cm³/mol. The number of piperidine rings is 1. The minimum Gasteiger partial charge on any atom is -0.303 e. The number of rotatable bonds is 10. The third-order valence-corrected chi connectivity index (χ3v) is 7.48. The van der Waals surface area contributed by atoms with Crippen LogP contribution in [0.25, 0.3) is 0 Å². The monoisotopic (exact) mass is 412 g/mol. The van der Waals surface area contributed by atoms with E-state index in [0.29, 0.717) is 12.0 Å². The molecule has 0 amide bonds. The first-order valence-corrected chi connectivity index (χ1v) is 11.9. The lowest BCUT2D eigenvalue weighted by Gasteiger charge is -2.24. The van der Waals surface area contributed by atoms with Crippen molar-refractivity contribution in [1.82, 2.24) is 9.62 Å². The van der Waals surface area contributed by atoms with E-state index in [4.69, 9.17) is 4.55 Å². The summed E-state index contributed by atoms with van der Waals surface area (Å²) in [5, 5.41) is 0. The first-order chi connectivity index (χ1) is 14.1. The predicted octanol–water partition coefficient (Wildman–Crippen LogP) is 3.80. The van der Waals surface area contributed by atoms with Gasteiger partial charge >= 0.3 is 0 Å². The van der Waals surface area contributed by atoms with Crippen LogP contribution in [0.3, 0.4) is 0 Å². The van der Waals surface area contributed by atoms with E-state index in [1.165, 1.54) is 49.2 Å². The van der Waals surface area contributed by atoms with Gasteiger partial charge in [0, 0.05) is 25.0 Å². The molecule has 2 aromatic carbocycles. The number of nitrogens with one attached hydrogen (secondary N) is 1. The van der Waals surface area contributed by atoms with E-state index in [9.17, 15) is 4.21 Å². The van der Waals surface area contributed by atoms with E-state index in [2.05, 4.69) is 71.1 Å². The van der Waals surface area contributed by atoms with Gasteiger partial charge in [-0.1, -0.05) is 61.5 Å². The summed E-state index contributed by atoms with van der Waals surface area (Å²) < 4.78 is 22.0. The second-order valence-corrected chi connectivity index (χ2v) is 9.58. The van der Waals surface area contributed by atoms with Gasteiger partial charge in [0.25, 0.3) is 0 Å². The molecule has 1 aliphatic carbocycles. The number of likely N-dealkylation sites (tertiary alicyclic amines) is 1. The zero-order valence-electron chi connectivity index (χ0n) is 17.2. The molecule has 1 aliphatic heterocycles. The maximum atomic E-state index is 10.7. The quantitative estimate of drug-likeness (QED) is 0.461. The maximum Gasteiger partial charge on any atom is 0.231 e. The lowest BCUT2D eigenvalue weighted by Crippen LogP contribution is -2.30. The average molecular weight is 413 g/mol. The van der Waals surface area contributed by atoms with Crippen LogP contribution in [0, 0.1) is 11.8 Å². The molecule has 29 heavy (non-hydrogen) atoms. The second kappa shape index (κ2) is 9.09. The molecule has 2 aromatic rings. The number of hydrogen-bond donors (Lipinski definition) is 2. The molecule has 0 spiro atoms. The van der Waals surface area contributed by atoms with Crippen LogP contribution >= 0.6 is 0 Å².